The molecule has 0 radical (unpaired) electrons. The molecule has 0 saturated heterocycles. The van der Waals surface area contributed by atoms with Crippen molar-refractivity contribution >= 4 is 11.7 Å². The normalized spacial score (nSPS) is 12.1. The highest BCUT2D eigenvalue weighted by atomic mass is 16.5. The Balaban J connectivity index is 2.82. The van der Waals surface area contributed by atoms with Gasteiger partial charge in [-0.2, -0.15) is 0 Å². The fraction of sp³-hybridized carbons (Fsp3) is 0.533. The van der Waals surface area contributed by atoms with Crippen molar-refractivity contribution in [3.8, 4) is 5.75 Å². The second kappa shape index (κ2) is 6.45. The van der Waals surface area contributed by atoms with Crippen molar-refractivity contribution in [2.24, 2.45) is 5.92 Å². The molecular weight excluding hydrogens is 242 g/mol. The Morgan fingerprint density at radius 3 is 2.53 bits per heavy atom. The van der Waals surface area contributed by atoms with Gasteiger partial charge in [0.15, 0.2) is 0 Å². The van der Waals surface area contributed by atoms with Crippen LogP contribution in [0.15, 0.2) is 6.07 Å². The average Bonchev–Trinajstić information content (AvgIpc) is 2.32. The minimum absolute atomic E-state index is 0.0969. The summed E-state index contributed by atoms with van der Waals surface area (Å²) in [4.78, 5) is 10.6. The fourth-order valence-electron chi connectivity index (χ4n) is 2.21. The number of benzene rings is 1. The number of anilines is 1. The van der Waals surface area contributed by atoms with Crippen LogP contribution >= 0.6 is 0 Å². The molecule has 1 rings (SSSR count). The first-order chi connectivity index (χ1) is 8.86. The van der Waals surface area contributed by atoms with Gasteiger partial charge in [0.05, 0.1) is 7.11 Å². The molecule has 2 N–H and O–H groups in total. The number of aliphatic carboxylic acids is 1. The SMILES string of the molecule is COc1c(C)cc(NCC(C)CC(=O)O)c(C)c1C. The maximum atomic E-state index is 10.6. The average molecular weight is 265 g/mol. The van der Waals surface area contributed by atoms with Gasteiger partial charge in [-0.3, -0.25) is 4.79 Å². The Hall–Kier alpha value is -1.71. The zero-order valence-corrected chi connectivity index (χ0v) is 12.3. The zero-order valence-electron chi connectivity index (χ0n) is 12.3. The van der Waals surface area contributed by atoms with Crippen LogP contribution in [-0.4, -0.2) is 24.7 Å². The van der Waals surface area contributed by atoms with Crippen molar-refractivity contribution < 1.29 is 14.6 Å². The predicted molar refractivity (Wildman–Crippen MR) is 77.1 cm³/mol. The Kier molecular flexibility index (Phi) is 5.21. The van der Waals surface area contributed by atoms with Crippen molar-refractivity contribution in [2.45, 2.75) is 34.1 Å². The van der Waals surface area contributed by atoms with Crippen LogP contribution in [0, 0.1) is 26.7 Å². The van der Waals surface area contributed by atoms with Crippen LogP contribution in [0.1, 0.15) is 30.0 Å². The molecule has 1 aromatic rings. The van der Waals surface area contributed by atoms with E-state index in [0.29, 0.717) is 6.54 Å². The van der Waals surface area contributed by atoms with Crippen molar-refractivity contribution in [1.82, 2.24) is 0 Å². The summed E-state index contributed by atoms with van der Waals surface area (Å²) < 4.78 is 5.38. The second-order valence-electron chi connectivity index (χ2n) is 5.11. The number of carboxylic acids is 1. The van der Waals surface area contributed by atoms with E-state index in [1.807, 2.05) is 27.7 Å². The third-order valence-electron chi connectivity index (χ3n) is 3.39. The Bertz CT molecular complexity index is 469. The smallest absolute Gasteiger partial charge is 0.303 e. The molecule has 106 valence electrons. The Morgan fingerprint density at radius 2 is 2.00 bits per heavy atom. The van der Waals surface area contributed by atoms with Gasteiger partial charge in [0.2, 0.25) is 0 Å². The van der Waals surface area contributed by atoms with E-state index in [2.05, 4.69) is 11.4 Å². The molecule has 0 aliphatic rings. The lowest BCUT2D eigenvalue weighted by atomic mass is 10.0. The molecule has 0 aromatic heterocycles. The quantitative estimate of drug-likeness (QED) is 0.829. The molecule has 0 aliphatic carbocycles. The molecule has 0 aliphatic heterocycles. The van der Waals surface area contributed by atoms with Crippen molar-refractivity contribution in [2.75, 3.05) is 19.0 Å². The number of rotatable bonds is 6. The summed E-state index contributed by atoms with van der Waals surface area (Å²) in [6.07, 6.45) is 0.181. The lowest BCUT2D eigenvalue weighted by molar-refractivity contribution is -0.137. The molecule has 1 aromatic carbocycles. The largest absolute Gasteiger partial charge is 0.496 e. The number of methoxy groups -OCH3 is 1. The van der Waals surface area contributed by atoms with Crippen LogP contribution in [0.4, 0.5) is 5.69 Å². The van der Waals surface area contributed by atoms with Crippen LogP contribution < -0.4 is 10.1 Å². The maximum Gasteiger partial charge on any atom is 0.303 e. The molecule has 0 fully saturated rings. The van der Waals surface area contributed by atoms with Gasteiger partial charge in [-0.05, 0) is 49.4 Å². The summed E-state index contributed by atoms with van der Waals surface area (Å²) in [5, 5.41) is 12.1. The molecule has 0 spiro atoms. The van der Waals surface area contributed by atoms with Gasteiger partial charge in [0.1, 0.15) is 5.75 Å². The molecule has 0 bridgehead atoms. The number of carbonyl (C=O) groups is 1. The second-order valence-corrected chi connectivity index (χ2v) is 5.11. The lowest BCUT2D eigenvalue weighted by Crippen LogP contribution is -2.15. The minimum atomic E-state index is -0.756. The van der Waals surface area contributed by atoms with Gasteiger partial charge in [-0.15, -0.1) is 0 Å². The highest BCUT2D eigenvalue weighted by Crippen LogP contribution is 2.31. The first-order valence-electron chi connectivity index (χ1n) is 6.47. The first-order valence-corrected chi connectivity index (χ1v) is 6.47. The minimum Gasteiger partial charge on any atom is -0.496 e. The summed E-state index contributed by atoms with van der Waals surface area (Å²) in [7, 11) is 1.68. The summed E-state index contributed by atoms with van der Waals surface area (Å²) >= 11 is 0. The Morgan fingerprint density at radius 1 is 1.37 bits per heavy atom. The highest BCUT2D eigenvalue weighted by molar-refractivity contribution is 5.67. The number of nitrogens with one attached hydrogen (secondary N) is 1. The third kappa shape index (κ3) is 3.88. The molecule has 1 atom stereocenters. The van der Waals surface area contributed by atoms with Crippen LogP contribution in [0.25, 0.3) is 0 Å². The van der Waals surface area contributed by atoms with Gasteiger partial charge >= 0.3 is 5.97 Å². The maximum absolute atomic E-state index is 10.6. The van der Waals surface area contributed by atoms with Crippen LogP contribution in [0.3, 0.4) is 0 Å². The van der Waals surface area contributed by atoms with Crippen LogP contribution in [0.5, 0.6) is 5.75 Å². The molecule has 19 heavy (non-hydrogen) atoms. The predicted octanol–water partition coefficient (Wildman–Crippen LogP) is 3.14. The Labute approximate surface area is 114 Å². The number of hydrogen-bond acceptors (Lipinski definition) is 3. The summed E-state index contributed by atoms with van der Waals surface area (Å²) in [5.41, 5.74) is 4.40. The van der Waals surface area contributed by atoms with E-state index in [0.717, 1.165) is 28.1 Å². The van der Waals surface area contributed by atoms with E-state index in [1.165, 1.54) is 0 Å². The van der Waals surface area contributed by atoms with E-state index in [-0.39, 0.29) is 12.3 Å². The van der Waals surface area contributed by atoms with E-state index in [4.69, 9.17) is 9.84 Å². The number of carboxylic acid groups (broad SMARTS) is 1. The molecule has 4 nitrogen and oxygen atoms in total. The molecule has 4 heteroatoms. The summed E-state index contributed by atoms with van der Waals surface area (Å²) in [6, 6.07) is 2.05. The van der Waals surface area contributed by atoms with Crippen molar-refractivity contribution in [1.29, 1.82) is 0 Å². The van der Waals surface area contributed by atoms with E-state index < -0.39 is 5.97 Å². The van der Waals surface area contributed by atoms with Gasteiger partial charge in [-0.1, -0.05) is 6.92 Å². The third-order valence-corrected chi connectivity index (χ3v) is 3.39. The highest BCUT2D eigenvalue weighted by Gasteiger charge is 2.12. The van der Waals surface area contributed by atoms with Crippen LogP contribution in [0.2, 0.25) is 0 Å². The van der Waals surface area contributed by atoms with Gasteiger partial charge in [-0.25, -0.2) is 0 Å². The summed E-state index contributed by atoms with van der Waals surface area (Å²) in [6.45, 7) is 8.67. The molecule has 0 heterocycles. The van der Waals surface area contributed by atoms with Crippen molar-refractivity contribution in [3.05, 3.63) is 22.8 Å². The topological polar surface area (TPSA) is 58.6 Å². The number of hydrogen-bond donors (Lipinski definition) is 2. The van der Waals surface area contributed by atoms with Gasteiger partial charge < -0.3 is 15.2 Å². The van der Waals surface area contributed by atoms with E-state index in [9.17, 15) is 4.79 Å². The molecule has 1 unspecified atom stereocenters. The lowest BCUT2D eigenvalue weighted by Gasteiger charge is -2.18. The summed E-state index contributed by atoms with van der Waals surface area (Å²) in [5.74, 6) is 0.259. The monoisotopic (exact) mass is 265 g/mol. The zero-order chi connectivity index (χ0) is 14.6. The van der Waals surface area contributed by atoms with Crippen LogP contribution in [-0.2, 0) is 4.79 Å². The van der Waals surface area contributed by atoms with Gasteiger partial charge in [0, 0.05) is 18.7 Å². The standard InChI is InChI=1S/C15H23NO3/c1-9(6-14(17)18)8-16-13-7-10(2)15(19-5)12(4)11(13)3/h7,9,16H,6,8H2,1-5H3,(H,17,18). The van der Waals surface area contributed by atoms with Gasteiger partial charge in [0.25, 0.3) is 0 Å². The van der Waals surface area contributed by atoms with Crippen molar-refractivity contribution in [3.63, 3.8) is 0 Å². The first kappa shape index (κ1) is 15.3. The van der Waals surface area contributed by atoms with E-state index >= 15 is 0 Å². The molecular formula is C15H23NO3. The fourth-order valence-corrected chi connectivity index (χ4v) is 2.21. The van der Waals surface area contributed by atoms with E-state index in [1.54, 1.807) is 7.11 Å². The number of ether oxygens (including phenoxy) is 1. The molecule has 0 saturated carbocycles. The molecule has 0 amide bonds. The number of aryl methyl sites for hydroxylation is 1.